The smallest absolute Gasteiger partial charge is 0.0784 e. The molecule has 2 heteroatoms. The fraction of sp³-hybridized carbons (Fsp3) is 0.733. The van der Waals surface area contributed by atoms with Crippen molar-refractivity contribution >= 4 is 0 Å². The molecule has 0 bridgehead atoms. The lowest BCUT2D eigenvalue weighted by Gasteiger charge is -2.00. The highest BCUT2D eigenvalue weighted by Crippen LogP contribution is 2.10. The standard InChI is InChI=1S/C15H28O2/c1-17-15-13-11-9-7-5-3-2-4-6-8-10-12-14-16/h10,12-13,15-16H,2-9,11,14H2,1H3/b12-10+,15-13+. The van der Waals surface area contributed by atoms with Crippen molar-refractivity contribution in [2.75, 3.05) is 13.7 Å². The van der Waals surface area contributed by atoms with E-state index in [1.807, 2.05) is 6.08 Å². The molecule has 17 heavy (non-hydrogen) atoms. The van der Waals surface area contributed by atoms with Crippen LogP contribution in [0.25, 0.3) is 0 Å². The molecule has 0 aliphatic rings. The van der Waals surface area contributed by atoms with Crippen LogP contribution in [0.2, 0.25) is 0 Å². The molecule has 0 aromatic heterocycles. The lowest BCUT2D eigenvalue weighted by molar-refractivity contribution is 0.336. The maximum atomic E-state index is 8.54. The quantitative estimate of drug-likeness (QED) is 0.314. The number of aliphatic hydroxyl groups is 1. The summed E-state index contributed by atoms with van der Waals surface area (Å²) >= 11 is 0. The molecule has 0 unspecified atom stereocenters. The Morgan fingerprint density at radius 1 is 0.765 bits per heavy atom. The zero-order valence-electron chi connectivity index (χ0n) is 11.2. The normalized spacial score (nSPS) is 11.6. The van der Waals surface area contributed by atoms with Crippen molar-refractivity contribution < 1.29 is 9.84 Å². The predicted molar refractivity (Wildman–Crippen MR) is 73.9 cm³/mol. The number of hydrogen-bond acceptors (Lipinski definition) is 2. The Kier molecular flexibility index (Phi) is 14.6. The number of unbranched alkanes of at least 4 members (excludes halogenated alkanes) is 8. The molecule has 0 saturated heterocycles. The molecule has 0 aromatic rings. The number of rotatable bonds is 12. The molecule has 0 spiro atoms. The Morgan fingerprint density at radius 3 is 1.82 bits per heavy atom. The van der Waals surface area contributed by atoms with E-state index in [4.69, 9.17) is 9.84 Å². The zero-order chi connectivity index (χ0) is 12.6. The molecule has 0 radical (unpaired) electrons. The van der Waals surface area contributed by atoms with Crippen LogP contribution in [0.3, 0.4) is 0 Å². The molecule has 0 amide bonds. The summed E-state index contributed by atoms with van der Waals surface area (Å²) < 4.78 is 4.84. The van der Waals surface area contributed by atoms with Gasteiger partial charge in [-0.2, -0.15) is 0 Å². The molecule has 0 heterocycles. The first kappa shape index (κ1) is 16.2. The number of ether oxygens (including phenoxy) is 1. The summed E-state index contributed by atoms with van der Waals surface area (Å²) in [6.45, 7) is 0.178. The van der Waals surface area contributed by atoms with Crippen molar-refractivity contribution in [2.24, 2.45) is 0 Å². The van der Waals surface area contributed by atoms with E-state index in [9.17, 15) is 0 Å². The van der Waals surface area contributed by atoms with Crippen LogP contribution in [0.4, 0.5) is 0 Å². The monoisotopic (exact) mass is 240 g/mol. The second kappa shape index (κ2) is 15.2. The Hall–Kier alpha value is -0.760. The maximum absolute atomic E-state index is 8.54. The summed E-state index contributed by atoms with van der Waals surface area (Å²) in [6, 6.07) is 0. The fourth-order valence-corrected chi connectivity index (χ4v) is 1.76. The number of methoxy groups -OCH3 is 1. The summed E-state index contributed by atoms with van der Waals surface area (Å²) in [5.41, 5.74) is 0. The van der Waals surface area contributed by atoms with E-state index in [-0.39, 0.29) is 6.61 Å². The summed E-state index contributed by atoms with van der Waals surface area (Å²) in [6.07, 6.45) is 19.3. The highest BCUT2D eigenvalue weighted by atomic mass is 16.5. The number of hydrogen-bond donors (Lipinski definition) is 1. The van der Waals surface area contributed by atoms with Gasteiger partial charge in [0.15, 0.2) is 0 Å². The zero-order valence-corrected chi connectivity index (χ0v) is 11.2. The molecule has 0 saturated carbocycles. The Bertz CT molecular complexity index is 165. The summed E-state index contributed by atoms with van der Waals surface area (Å²) in [4.78, 5) is 0. The molecular formula is C15H28O2. The van der Waals surface area contributed by atoms with E-state index in [1.165, 1.54) is 44.9 Å². The minimum atomic E-state index is 0.178. The van der Waals surface area contributed by atoms with Gasteiger partial charge in [0, 0.05) is 0 Å². The van der Waals surface area contributed by atoms with Gasteiger partial charge in [-0.25, -0.2) is 0 Å². The molecule has 0 atom stereocenters. The first-order valence-electron chi connectivity index (χ1n) is 6.85. The molecule has 0 fully saturated rings. The molecule has 1 N–H and O–H groups in total. The van der Waals surface area contributed by atoms with Gasteiger partial charge in [-0.15, -0.1) is 0 Å². The van der Waals surface area contributed by atoms with E-state index < -0.39 is 0 Å². The average molecular weight is 240 g/mol. The van der Waals surface area contributed by atoms with Gasteiger partial charge in [0.25, 0.3) is 0 Å². The van der Waals surface area contributed by atoms with Crippen molar-refractivity contribution in [1.82, 2.24) is 0 Å². The van der Waals surface area contributed by atoms with Crippen molar-refractivity contribution in [3.63, 3.8) is 0 Å². The van der Waals surface area contributed by atoms with E-state index in [0.29, 0.717) is 0 Å². The molecule has 100 valence electrons. The molecule has 0 rings (SSSR count). The summed E-state index contributed by atoms with van der Waals surface area (Å²) in [7, 11) is 1.69. The average Bonchev–Trinajstić information content (AvgIpc) is 2.35. The van der Waals surface area contributed by atoms with Gasteiger partial charge in [-0.1, -0.05) is 44.3 Å². The van der Waals surface area contributed by atoms with Crippen LogP contribution in [0.15, 0.2) is 24.5 Å². The molecule has 0 aromatic carbocycles. The number of aliphatic hydroxyl groups excluding tert-OH is 1. The van der Waals surface area contributed by atoms with Crippen molar-refractivity contribution in [2.45, 2.75) is 57.8 Å². The molecule has 2 nitrogen and oxygen atoms in total. The summed E-state index contributed by atoms with van der Waals surface area (Å²) in [5.74, 6) is 0. The highest BCUT2D eigenvalue weighted by molar-refractivity contribution is 4.80. The third-order valence-corrected chi connectivity index (χ3v) is 2.75. The number of allylic oxidation sites excluding steroid dienone is 2. The first-order chi connectivity index (χ1) is 8.41. The van der Waals surface area contributed by atoms with Gasteiger partial charge in [0.2, 0.25) is 0 Å². The van der Waals surface area contributed by atoms with Gasteiger partial charge < -0.3 is 9.84 Å². The van der Waals surface area contributed by atoms with Crippen LogP contribution in [0.1, 0.15) is 57.8 Å². The van der Waals surface area contributed by atoms with Gasteiger partial charge in [-0.05, 0) is 31.8 Å². The fourth-order valence-electron chi connectivity index (χ4n) is 1.76. The topological polar surface area (TPSA) is 29.5 Å². The van der Waals surface area contributed by atoms with Crippen LogP contribution in [0.5, 0.6) is 0 Å². The Labute approximate surface area is 106 Å². The molecule has 0 aliphatic carbocycles. The first-order valence-corrected chi connectivity index (χ1v) is 6.85. The van der Waals surface area contributed by atoms with Crippen LogP contribution in [-0.4, -0.2) is 18.8 Å². The third kappa shape index (κ3) is 15.2. The second-order valence-corrected chi connectivity index (χ2v) is 4.31. The minimum Gasteiger partial charge on any atom is -0.505 e. The van der Waals surface area contributed by atoms with Gasteiger partial charge in [0.05, 0.1) is 20.0 Å². The maximum Gasteiger partial charge on any atom is 0.0784 e. The van der Waals surface area contributed by atoms with E-state index >= 15 is 0 Å². The van der Waals surface area contributed by atoms with Crippen LogP contribution in [0, 0.1) is 0 Å². The molecular weight excluding hydrogens is 212 g/mol. The van der Waals surface area contributed by atoms with Crippen LogP contribution >= 0.6 is 0 Å². The summed E-state index contributed by atoms with van der Waals surface area (Å²) in [5, 5.41) is 8.54. The van der Waals surface area contributed by atoms with E-state index in [0.717, 1.165) is 12.8 Å². The predicted octanol–water partition coefficient (Wildman–Crippen LogP) is 4.21. The van der Waals surface area contributed by atoms with Crippen molar-refractivity contribution in [3.05, 3.63) is 24.5 Å². The lowest BCUT2D eigenvalue weighted by atomic mass is 10.1. The SMILES string of the molecule is CO/C=C/CCCCCCCCC/C=C/CO. The second-order valence-electron chi connectivity index (χ2n) is 4.31. The van der Waals surface area contributed by atoms with Crippen LogP contribution < -0.4 is 0 Å². The van der Waals surface area contributed by atoms with Gasteiger partial charge >= 0.3 is 0 Å². The molecule has 0 aliphatic heterocycles. The van der Waals surface area contributed by atoms with Gasteiger partial charge in [0.1, 0.15) is 0 Å². The minimum absolute atomic E-state index is 0.178. The van der Waals surface area contributed by atoms with E-state index in [1.54, 1.807) is 13.4 Å². The lowest BCUT2D eigenvalue weighted by Crippen LogP contribution is -1.80. The Morgan fingerprint density at radius 2 is 1.29 bits per heavy atom. The van der Waals surface area contributed by atoms with Gasteiger partial charge in [-0.3, -0.25) is 0 Å². The van der Waals surface area contributed by atoms with Crippen molar-refractivity contribution in [3.8, 4) is 0 Å². The highest BCUT2D eigenvalue weighted by Gasteiger charge is 1.90. The third-order valence-electron chi connectivity index (χ3n) is 2.75. The van der Waals surface area contributed by atoms with Crippen LogP contribution in [-0.2, 0) is 4.74 Å². The largest absolute Gasteiger partial charge is 0.505 e. The van der Waals surface area contributed by atoms with E-state index in [2.05, 4.69) is 12.2 Å². The Balaban J connectivity index is 2.98. The van der Waals surface area contributed by atoms with Crippen molar-refractivity contribution in [1.29, 1.82) is 0 Å².